The first-order valence-electron chi connectivity index (χ1n) is 6.47. The van der Waals surface area contributed by atoms with Gasteiger partial charge in [0.1, 0.15) is 0 Å². The van der Waals surface area contributed by atoms with Crippen molar-refractivity contribution in [2.75, 3.05) is 39.3 Å². The fraction of sp³-hybridized carbons (Fsp3) is 0.500. The third-order valence-electron chi connectivity index (χ3n) is 2.12. The molecule has 0 aromatic carbocycles. The predicted molar refractivity (Wildman–Crippen MR) is 62.9 cm³/mol. The van der Waals surface area contributed by atoms with Crippen LogP contribution in [-0.2, 0) is 80.0 Å². The molecule has 0 saturated heterocycles. The Hall–Kier alpha value is -1.70. The molecule has 0 aromatic rings. The van der Waals surface area contributed by atoms with E-state index in [0.29, 0.717) is 9.80 Å². The van der Waals surface area contributed by atoms with Crippen LogP contribution in [0.15, 0.2) is 0 Å². The van der Waals surface area contributed by atoms with E-state index in [2.05, 4.69) is 0 Å². The summed E-state index contributed by atoms with van der Waals surface area (Å²) in [7, 11) is 0. The Kier molecular flexibility index (Phi) is 27.5. The molecule has 0 saturated carbocycles. The molecule has 0 fully saturated rings. The molecule has 0 radical (unpaired) electrons. The van der Waals surface area contributed by atoms with Gasteiger partial charge < -0.3 is 59.4 Å². The van der Waals surface area contributed by atoms with E-state index in [1.807, 2.05) is 0 Å². The van der Waals surface area contributed by atoms with Gasteiger partial charge in [-0.25, -0.2) is 0 Å². The Labute approximate surface area is 195 Å². The monoisotopic (exact) mass is 544 g/mol. The Morgan fingerprint density at radius 1 is 0.379 bits per heavy atom. The smallest absolute Gasteiger partial charge is 0.549 e. The molecule has 0 amide bonds. The molecule has 0 atom stereocenters. The van der Waals surface area contributed by atoms with Crippen LogP contribution in [-0.4, -0.2) is 84.9 Å². The molecule has 0 spiro atoms. The van der Waals surface area contributed by atoms with E-state index >= 15 is 0 Å². The molecule has 14 nitrogen and oxygen atoms in total. The fourth-order valence-corrected chi connectivity index (χ4v) is 1.43. The number of hydrogen-bond acceptors (Lipinski definition) is 14. The second-order valence-corrected chi connectivity index (χ2v) is 4.52. The van der Waals surface area contributed by atoms with Gasteiger partial charge in [0, 0.05) is 39.3 Å². The van der Waals surface area contributed by atoms with Crippen molar-refractivity contribution in [1.82, 2.24) is 9.80 Å². The van der Waals surface area contributed by atoms with Crippen LogP contribution in [0.5, 0.6) is 0 Å². The van der Waals surface area contributed by atoms with E-state index < -0.39 is 75.1 Å². The van der Waals surface area contributed by atoms with Crippen LogP contribution in [0.2, 0.25) is 0 Å². The average molecular weight is 544 g/mol. The number of nitrogens with zero attached hydrogens (tertiary/aromatic N) is 2. The van der Waals surface area contributed by atoms with Crippen molar-refractivity contribution in [1.29, 1.82) is 0 Å². The standard InChI is InChI=1S/2C6H9NO6.3Fe/c2*8-4(9)1-7(2-5(10)11)3-6(12)13;;;/h2*1-3H2,(H,8,9)(H,10,11)(H,12,13);;;/q;;3*+2/p-6. The summed E-state index contributed by atoms with van der Waals surface area (Å²) in [5.41, 5.74) is 0. The van der Waals surface area contributed by atoms with Crippen LogP contribution in [0, 0.1) is 0 Å². The summed E-state index contributed by atoms with van der Waals surface area (Å²) >= 11 is 0. The molecule has 0 bridgehead atoms. The summed E-state index contributed by atoms with van der Waals surface area (Å²) in [4.78, 5) is 61.2. The van der Waals surface area contributed by atoms with Gasteiger partial charge in [-0.2, -0.15) is 0 Å². The minimum Gasteiger partial charge on any atom is -0.549 e. The van der Waals surface area contributed by atoms with Crippen LogP contribution in [0.3, 0.4) is 0 Å². The molecular weight excluding hydrogens is 532 g/mol. The Bertz CT molecular complexity index is 436. The molecule has 29 heavy (non-hydrogen) atoms. The number of carbonyl (C=O) groups is 6. The zero-order chi connectivity index (χ0) is 20.9. The van der Waals surface area contributed by atoms with Gasteiger partial charge in [-0.05, 0) is 0 Å². The molecule has 0 aromatic heterocycles. The van der Waals surface area contributed by atoms with E-state index in [-0.39, 0.29) is 51.2 Å². The minimum absolute atomic E-state index is 0. The van der Waals surface area contributed by atoms with Crippen molar-refractivity contribution >= 4 is 35.8 Å². The Morgan fingerprint density at radius 2 is 0.483 bits per heavy atom. The topological polar surface area (TPSA) is 247 Å². The van der Waals surface area contributed by atoms with Gasteiger partial charge in [-0.3, -0.25) is 9.80 Å². The number of hydrogen-bond donors (Lipinski definition) is 0. The molecule has 0 heterocycles. The SMILES string of the molecule is O=C([O-])CN(CC(=O)[O-])CC(=O)[O-].O=C([O-])CN(CC(=O)[O-])CC(=O)[O-].[Fe+2].[Fe+2].[Fe+2]. The van der Waals surface area contributed by atoms with E-state index in [4.69, 9.17) is 0 Å². The number of carbonyl (C=O) groups excluding carboxylic acids is 6. The Morgan fingerprint density at radius 3 is 0.552 bits per heavy atom. The molecule has 0 aliphatic carbocycles. The van der Waals surface area contributed by atoms with Crippen molar-refractivity contribution in [3.05, 3.63) is 0 Å². The van der Waals surface area contributed by atoms with E-state index in [0.717, 1.165) is 0 Å². The van der Waals surface area contributed by atoms with Gasteiger partial charge in [-0.15, -0.1) is 0 Å². The largest absolute Gasteiger partial charge is 2.00 e. The minimum atomic E-state index is -1.57. The van der Waals surface area contributed by atoms with Crippen molar-refractivity contribution < 1.29 is 111 Å². The number of carboxylic acids is 6. The van der Waals surface area contributed by atoms with Gasteiger partial charge in [0.2, 0.25) is 0 Å². The normalized spacial score (nSPS) is 8.90. The van der Waals surface area contributed by atoms with Crippen LogP contribution < -0.4 is 30.6 Å². The summed E-state index contributed by atoms with van der Waals surface area (Å²) in [6, 6.07) is 0. The molecule has 0 aliphatic rings. The van der Waals surface area contributed by atoms with Crippen molar-refractivity contribution in [3.8, 4) is 0 Å². The summed E-state index contributed by atoms with van der Waals surface area (Å²) in [6.45, 7) is -4.74. The summed E-state index contributed by atoms with van der Waals surface area (Å²) in [6.07, 6.45) is 0. The first kappa shape index (κ1) is 38.0. The number of aliphatic carboxylic acids is 6. The maximum absolute atomic E-state index is 9.99. The summed E-state index contributed by atoms with van der Waals surface area (Å²) in [5, 5.41) is 60.0. The maximum atomic E-state index is 9.99. The number of rotatable bonds is 12. The molecule has 0 rings (SSSR count). The van der Waals surface area contributed by atoms with Crippen LogP contribution in [0.4, 0.5) is 0 Å². The van der Waals surface area contributed by atoms with Crippen LogP contribution in [0.25, 0.3) is 0 Å². The molecule has 0 aliphatic heterocycles. The molecule has 0 unspecified atom stereocenters. The van der Waals surface area contributed by atoms with Crippen molar-refractivity contribution in [2.24, 2.45) is 0 Å². The third kappa shape index (κ3) is 31.2. The van der Waals surface area contributed by atoms with Gasteiger partial charge in [0.05, 0.1) is 35.8 Å². The maximum Gasteiger partial charge on any atom is 2.00 e. The van der Waals surface area contributed by atoms with Gasteiger partial charge in [0.25, 0.3) is 0 Å². The summed E-state index contributed by atoms with van der Waals surface area (Å²) in [5.74, 6) is -9.40. The van der Waals surface area contributed by atoms with E-state index in [1.165, 1.54) is 0 Å². The average Bonchev–Trinajstić information content (AvgIpc) is 2.33. The van der Waals surface area contributed by atoms with E-state index in [9.17, 15) is 59.4 Å². The zero-order valence-corrected chi connectivity index (χ0v) is 17.4. The number of carboxylic acid groups (broad SMARTS) is 6. The zero-order valence-electron chi connectivity index (χ0n) is 14.1. The first-order chi connectivity index (χ1) is 11.8. The molecule has 0 N–H and O–H groups in total. The second kappa shape index (κ2) is 21.0. The quantitative estimate of drug-likeness (QED) is 0.207. The van der Waals surface area contributed by atoms with E-state index in [1.54, 1.807) is 0 Å². The third-order valence-corrected chi connectivity index (χ3v) is 2.12. The van der Waals surface area contributed by atoms with Crippen LogP contribution in [0.1, 0.15) is 0 Å². The van der Waals surface area contributed by atoms with Gasteiger partial charge in [-0.1, -0.05) is 0 Å². The second-order valence-electron chi connectivity index (χ2n) is 4.52. The summed E-state index contributed by atoms with van der Waals surface area (Å²) < 4.78 is 0. The first-order valence-corrected chi connectivity index (χ1v) is 6.47. The molecular formula is C12H12Fe3N2O12. The fourth-order valence-electron chi connectivity index (χ4n) is 1.43. The Balaban J connectivity index is -0.000000120. The van der Waals surface area contributed by atoms with Gasteiger partial charge >= 0.3 is 51.2 Å². The van der Waals surface area contributed by atoms with Gasteiger partial charge in [0.15, 0.2) is 0 Å². The molecule has 17 heteroatoms. The predicted octanol–water partition coefficient (Wildman–Crippen LogP) is -10.9. The van der Waals surface area contributed by atoms with Crippen molar-refractivity contribution in [2.45, 2.75) is 0 Å². The molecule has 166 valence electrons. The van der Waals surface area contributed by atoms with Crippen molar-refractivity contribution in [3.63, 3.8) is 0 Å². The van der Waals surface area contributed by atoms with Crippen LogP contribution >= 0.6 is 0 Å².